The number of hydrogen-bond donors (Lipinski definition) is 2. The zero-order valence-corrected chi connectivity index (χ0v) is 19.4. The van der Waals surface area contributed by atoms with Crippen molar-refractivity contribution in [2.75, 3.05) is 0 Å². The van der Waals surface area contributed by atoms with Crippen molar-refractivity contribution >= 4 is 32.1 Å². The third kappa shape index (κ3) is 6.73. The first-order valence-corrected chi connectivity index (χ1v) is 12.4. The van der Waals surface area contributed by atoms with Gasteiger partial charge in [0, 0.05) is 4.47 Å². The summed E-state index contributed by atoms with van der Waals surface area (Å²) >= 11 is 3.26. The minimum atomic E-state index is -4.68. The average molecular weight is 532 g/mol. The molecule has 10 heteroatoms. The number of carbonyl (C=O) groups excluding carboxylic acids is 1. The summed E-state index contributed by atoms with van der Waals surface area (Å²) in [6, 6.07) is 13.9. The molecule has 0 radical (unpaired) electrons. The van der Waals surface area contributed by atoms with Gasteiger partial charge in [0.1, 0.15) is 24.2 Å². The van der Waals surface area contributed by atoms with Gasteiger partial charge in [0.05, 0.1) is 6.04 Å². The average Bonchev–Trinajstić information content (AvgIpc) is 3.04. The van der Waals surface area contributed by atoms with Crippen LogP contribution in [0.4, 0.5) is 13.6 Å². The van der Waals surface area contributed by atoms with E-state index >= 15 is 0 Å². The maximum Gasteiger partial charge on any atom is 0.407 e. The number of benzene rings is 2. The van der Waals surface area contributed by atoms with E-state index in [9.17, 15) is 26.5 Å². The summed E-state index contributed by atoms with van der Waals surface area (Å²) in [7, 11) is -4.68. The zero-order chi connectivity index (χ0) is 23.3. The largest absolute Gasteiger partial charge is 0.445 e. The molecule has 6 nitrogen and oxygen atoms in total. The highest BCUT2D eigenvalue weighted by molar-refractivity contribution is 9.10. The molecule has 2 aromatic carbocycles. The molecule has 0 heterocycles. The number of rotatable bonds is 8. The molecule has 4 unspecified atom stereocenters. The van der Waals surface area contributed by atoms with E-state index in [1.807, 2.05) is 6.07 Å². The molecule has 0 spiro atoms. The molecule has 4 atom stereocenters. The van der Waals surface area contributed by atoms with Gasteiger partial charge in [-0.05, 0) is 48.4 Å². The molecular weight excluding hydrogens is 508 g/mol. The van der Waals surface area contributed by atoms with Gasteiger partial charge in [0.15, 0.2) is 0 Å². The van der Waals surface area contributed by atoms with Crippen LogP contribution in [0.15, 0.2) is 59.1 Å². The molecule has 174 valence electrons. The molecule has 1 aliphatic rings. The minimum absolute atomic E-state index is 0.0399. The van der Waals surface area contributed by atoms with Crippen LogP contribution in [-0.4, -0.2) is 37.4 Å². The van der Waals surface area contributed by atoms with Gasteiger partial charge >= 0.3 is 6.09 Å². The second kappa shape index (κ2) is 10.7. The molecule has 1 saturated carbocycles. The highest BCUT2D eigenvalue weighted by atomic mass is 79.9. The Labute approximate surface area is 194 Å². The number of nitrogens with one attached hydrogen (secondary N) is 1. The van der Waals surface area contributed by atoms with E-state index in [0.29, 0.717) is 4.47 Å². The lowest BCUT2D eigenvalue weighted by molar-refractivity contribution is 0.133. The van der Waals surface area contributed by atoms with Gasteiger partial charge in [0.2, 0.25) is 0 Å². The molecule has 32 heavy (non-hydrogen) atoms. The molecule has 1 aliphatic carbocycles. The first kappa shape index (κ1) is 24.6. The lowest BCUT2D eigenvalue weighted by atomic mass is 9.93. The van der Waals surface area contributed by atoms with E-state index in [0.717, 1.165) is 5.56 Å². The van der Waals surface area contributed by atoms with Crippen LogP contribution in [0, 0.1) is 5.92 Å². The van der Waals surface area contributed by atoms with Gasteiger partial charge in [-0.25, -0.2) is 13.6 Å². The first-order chi connectivity index (χ1) is 15.1. The van der Waals surface area contributed by atoms with Crippen molar-refractivity contribution in [3.05, 3.63) is 70.2 Å². The second-order valence-corrected chi connectivity index (χ2v) is 10.4. The van der Waals surface area contributed by atoms with E-state index in [1.165, 1.54) is 12.1 Å². The third-order valence-electron chi connectivity index (χ3n) is 5.50. The number of carbonyl (C=O) groups is 1. The Morgan fingerprint density at radius 2 is 1.69 bits per heavy atom. The van der Waals surface area contributed by atoms with Crippen molar-refractivity contribution in [3.8, 4) is 0 Å². The standard InChI is InChI=1S/C22H24BrF2NO5S/c23-17-8-6-16(7-9-17)21(32(28,29)30)20(12-15-10-18(24)19(25)11-15)26-22(27)31-13-14-4-2-1-3-5-14/h1-9,15,18-21H,10-13H2,(H,26,27)(H,28,29,30). The molecule has 1 fully saturated rings. The summed E-state index contributed by atoms with van der Waals surface area (Å²) in [5, 5.41) is 0.976. The topological polar surface area (TPSA) is 92.7 Å². The van der Waals surface area contributed by atoms with E-state index < -0.39 is 45.8 Å². The Balaban J connectivity index is 1.82. The molecule has 2 aromatic rings. The van der Waals surface area contributed by atoms with Crippen molar-refractivity contribution in [2.24, 2.45) is 5.92 Å². The van der Waals surface area contributed by atoms with E-state index in [-0.39, 0.29) is 31.4 Å². The van der Waals surface area contributed by atoms with E-state index in [2.05, 4.69) is 21.2 Å². The molecule has 0 saturated heterocycles. The van der Waals surface area contributed by atoms with Crippen LogP contribution in [-0.2, 0) is 21.5 Å². The quantitative estimate of drug-likeness (QED) is 0.459. The summed E-state index contributed by atoms with van der Waals surface area (Å²) < 4.78 is 68.0. The van der Waals surface area contributed by atoms with Crippen molar-refractivity contribution in [3.63, 3.8) is 0 Å². The molecule has 3 rings (SSSR count). The Morgan fingerprint density at radius 3 is 2.25 bits per heavy atom. The highest BCUT2D eigenvalue weighted by Gasteiger charge is 2.41. The molecule has 0 bridgehead atoms. The zero-order valence-electron chi connectivity index (χ0n) is 17.0. The summed E-state index contributed by atoms with van der Waals surface area (Å²) in [4.78, 5) is 12.5. The first-order valence-electron chi connectivity index (χ1n) is 10.1. The van der Waals surface area contributed by atoms with Crippen molar-refractivity contribution in [2.45, 2.75) is 49.5 Å². The van der Waals surface area contributed by atoms with Gasteiger partial charge < -0.3 is 10.1 Å². The predicted molar refractivity (Wildman–Crippen MR) is 119 cm³/mol. The maximum absolute atomic E-state index is 13.7. The maximum atomic E-state index is 13.7. The Kier molecular flexibility index (Phi) is 8.24. The number of ether oxygens (including phenoxy) is 1. The Morgan fingerprint density at radius 1 is 1.09 bits per heavy atom. The van der Waals surface area contributed by atoms with Crippen molar-refractivity contribution in [1.29, 1.82) is 0 Å². The number of alkyl halides is 2. The molecule has 0 aliphatic heterocycles. The van der Waals surface area contributed by atoms with Crippen LogP contribution >= 0.6 is 15.9 Å². The number of halogens is 3. The van der Waals surface area contributed by atoms with E-state index in [4.69, 9.17) is 4.74 Å². The lowest BCUT2D eigenvalue weighted by Crippen LogP contribution is -2.43. The van der Waals surface area contributed by atoms with Crippen LogP contribution in [0.5, 0.6) is 0 Å². The van der Waals surface area contributed by atoms with Crippen LogP contribution < -0.4 is 5.32 Å². The van der Waals surface area contributed by atoms with Crippen LogP contribution in [0.2, 0.25) is 0 Å². The fourth-order valence-corrected chi connectivity index (χ4v) is 5.38. The highest BCUT2D eigenvalue weighted by Crippen LogP contribution is 2.37. The Hall–Kier alpha value is -2.04. The van der Waals surface area contributed by atoms with Gasteiger partial charge in [-0.1, -0.05) is 58.4 Å². The molecule has 0 aromatic heterocycles. The van der Waals surface area contributed by atoms with Gasteiger partial charge in [-0.15, -0.1) is 0 Å². The normalized spacial score (nSPS) is 22.8. The summed E-state index contributed by atoms with van der Waals surface area (Å²) in [5.41, 5.74) is 0.963. The number of hydrogen-bond acceptors (Lipinski definition) is 4. The predicted octanol–water partition coefficient (Wildman–Crippen LogP) is 5.15. The summed E-state index contributed by atoms with van der Waals surface area (Å²) in [5.74, 6) is -0.501. The fraction of sp³-hybridized carbons (Fsp3) is 0.409. The van der Waals surface area contributed by atoms with Crippen LogP contribution in [0.25, 0.3) is 0 Å². The SMILES string of the molecule is O=C(NC(CC1CC(F)C(F)C1)C(c1ccc(Br)cc1)S(=O)(=O)O)OCc1ccccc1. The number of amides is 1. The number of alkyl carbamates (subject to hydrolysis) is 1. The fourth-order valence-electron chi connectivity index (χ4n) is 4.02. The molecular formula is C22H24BrF2NO5S. The van der Waals surface area contributed by atoms with E-state index in [1.54, 1.807) is 36.4 Å². The van der Waals surface area contributed by atoms with Crippen molar-refractivity contribution in [1.82, 2.24) is 5.32 Å². The van der Waals surface area contributed by atoms with Crippen LogP contribution in [0.1, 0.15) is 35.6 Å². The van der Waals surface area contributed by atoms with Gasteiger partial charge in [-0.3, -0.25) is 4.55 Å². The monoisotopic (exact) mass is 531 g/mol. The molecule has 2 N–H and O–H groups in total. The van der Waals surface area contributed by atoms with Gasteiger partial charge in [0.25, 0.3) is 10.1 Å². The smallest absolute Gasteiger partial charge is 0.407 e. The Bertz CT molecular complexity index is 997. The van der Waals surface area contributed by atoms with Gasteiger partial charge in [-0.2, -0.15) is 8.42 Å². The van der Waals surface area contributed by atoms with Crippen LogP contribution in [0.3, 0.4) is 0 Å². The second-order valence-electron chi connectivity index (χ2n) is 7.90. The van der Waals surface area contributed by atoms with Crippen molar-refractivity contribution < 1.29 is 31.3 Å². The lowest BCUT2D eigenvalue weighted by Gasteiger charge is -2.28. The molecule has 1 amide bonds. The minimum Gasteiger partial charge on any atom is -0.445 e. The summed E-state index contributed by atoms with van der Waals surface area (Å²) in [6.45, 7) is -0.0449. The summed E-state index contributed by atoms with van der Waals surface area (Å²) in [6.07, 6.45) is -4.38. The third-order valence-corrected chi connectivity index (χ3v) is 7.27.